The summed E-state index contributed by atoms with van der Waals surface area (Å²) in [6.07, 6.45) is 3.61. The molecule has 164 valence electrons. The van der Waals surface area contributed by atoms with Crippen LogP contribution in [-0.4, -0.2) is 24.7 Å². The molecule has 0 atom stereocenters. The molecule has 1 N–H and O–H groups in total. The first-order valence-corrected chi connectivity index (χ1v) is 10.5. The predicted octanol–water partition coefficient (Wildman–Crippen LogP) is 4.70. The van der Waals surface area contributed by atoms with Crippen molar-refractivity contribution < 1.29 is 19.1 Å². The Bertz CT molecular complexity index is 1060. The summed E-state index contributed by atoms with van der Waals surface area (Å²) < 4.78 is 10.8. The molecule has 6 nitrogen and oxygen atoms in total. The van der Waals surface area contributed by atoms with Crippen LogP contribution in [0.3, 0.4) is 0 Å². The van der Waals surface area contributed by atoms with Crippen molar-refractivity contribution in [3.05, 3.63) is 95.1 Å². The zero-order valence-corrected chi connectivity index (χ0v) is 18.2. The van der Waals surface area contributed by atoms with Gasteiger partial charge in [-0.2, -0.15) is 5.10 Å². The monoisotopic (exact) mass is 430 g/mol. The zero-order valence-electron chi connectivity index (χ0n) is 18.2. The van der Waals surface area contributed by atoms with Crippen LogP contribution in [0.2, 0.25) is 0 Å². The van der Waals surface area contributed by atoms with Gasteiger partial charge in [0.05, 0.1) is 11.8 Å². The molecule has 0 aliphatic rings. The minimum absolute atomic E-state index is 0.127. The van der Waals surface area contributed by atoms with Crippen molar-refractivity contribution in [3.8, 4) is 11.5 Å². The van der Waals surface area contributed by atoms with Crippen LogP contribution in [0.1, 0.15) is 40.4 Å². The molecule has 0 radical (unpaired) electrons. The Kier molecular flexibility index (Phi) is 8.15. The van der Waals surface area contributed by atoms with Crippen LogP contribution < -0.4 is 14.9 Å². The molecule has 0 heterocycles. The third-order valence-corrected chi connectivity index (χ3v) is 4.61. The van der Waals surface area contributed by atoms with Crippen molar-refractivity contribution in [2.75, 3.05) is 6.61 Å². The molecule has 0 aliphatic carbocycles. The minimum atomic E-state index is -0.418. The topological polar surface area (TPSA) is 77.0 Å². The van der Waals surface area contributed by atoms with Crippen molar-refractivity contribution in [2.24, 2.45) is 5.10 Å². The first kappa shape index (κ1) is 22.7. The van der Waals surface area contributed by atoms with Gasteiger partial charge in [-0.1, -0.05) is 43.2 Å². The van der Waals surface area contributed by atoms with E-state index < -0.39 is 5.97 Å². The first-order chi connectivity index (χ1) is 15.5. The number of hydrogen-bond acceptors (Lipinski definition) is 5. The molecule has 0 unspecified atom stereocenters. The van der Waals surface area contributed by atoms with Gasteiger partial charge in [-0.05, 0) is 73.0 Å². The number of hydrazone groups is 1. The van der Waals surface area contributed by atoms with Crippen LogP contribution in [-0.2, 0) is 11.2 Å². The number of benzene rings is 3. The molecule has 0 saturated carbocycles. The molecule has 32 heavy (non-hydrogen) atoms. The van der Waals surface area contributed by atoms with E-state index in [-0.39, 0.29) is 12.5 Å². The van der Waals surface area contributed by atoms with Gasteiger partial charge < -0.3 is 9.47 Å². The number of ether oxygens (including phenoxy) is 2. The smallest absolute Gasteiger partial charge is 0.343 e. The van der Waals surface area contributed by atoms with Gasteiger partial charge in [0.2, 0.25) is 0 Å². The Balaban J connectivity index is 1.43. The molecule has 0 fully saturated rings. The third-order valence-electron chi connectivity index (χ3n) is 4.61. The fourth-order valence-electron chi connectivity index (χ4n) is 2.88. The van der Waals surface area contributed by atoms with Crippen LogP contribution >= 0.6 is 0 Å². The maximum Gasteiger partial charge on any atom is 0.343 e. The normalized spacial score (nSPS) is 10.7. The molecular formula is C26H26N2O4. The maximum atomic E-state index is 12.2. The fraction of sp³-hybridized carbons (Fsp3) is 0.192. The molecule has 0 spiro atoms. The van der Waals surface area contributed by atoms with Crippen LogP contribution in [0, 0.1) is 6.92 Å². The summed E-state index contributed by atoms with van der Waals surface area (Å²) in [5.74, 6) is 0.288. The fourth-order valence-corrected chi connectivity index (χ4v) is 2.88. The highest BCUT2D eigenvalue weighted by Crippen LogP contribution is 2.15. The van der Waals surface area contributed by atoms with Crippen molar-refractivity contribution >= 4 is 18.1 Å². The van der Waals surface area contributed by atoms with E-state index >= 15 is 0 Å². The highest BCUT2D eigenvalue weighted by Gasteiger charge is 2.08. The molecule has 3 aromatic carbocycles. The Morgan fingerprint density at radius 3 is 2.22 bits per heavy atom. The largest absolute Gasteiger partial charge is 0.484 e. The van der Waals surface area contributed by atoms with E-state index in [1.807, 2.05) is 43.3 Å². The number of nitrogens with zero attached hydrogens (tertiary/aromatic N) is 1. The van der Waals surface area contributed by atoms with E-state index in [2.05, 4.69) is 17.5 Å². The molecule has 3 aromatic rings. The van der Waals surface area contributed by atoms with E-state index in [1.54, 1.807) is 36.4 Å². The molecule has 3 rings (SSSR count). The van der Waals surface area contributed by atoms with Crippen molar-refractivity contribution in [1.29, 1.82) is 0 Å². The van der Waals surface area contributed by atoms with Gasteiger partial charge in [0.25, 0.3) is 5.91 Å². The van der Waals surface area contributed by atoms with Gasteiger partial charge in [0.15, 0.2) is 6.61 Å². The van der Waals surface area contributed by atoms with Gasteiger partial charge in [-0.15, -0.1) is 0 Å². The summed E-state index contributed by atoms with van der Waals surface area (Å²) in [4.78, 5) is 24.1. The van der Waals surface area contributed by atoms with Gasteiger partial charge >= 0.3 is 5.97 Å². The van der Waals surface area contributed by atoms with Crippen LogP contribution in [0.5, 0.6) is 11.5 Å². The first-order valence-electron chi connectivity index (χ1n) is 10.5. The number of hydrogen-bond donors (Lipinski definition) is 1. The van der Waals surface area contributed by atoms with Crippen molar-refractivity contribution in [2.45, 2.75) is 26.7 Å². The summed E-state index contributed by atoms with van der Waals surface area (Å²) in [5.41, 5.74) is 5.97. The quantitative estimate of drug-likeness (QED) is 0.231. The number of carbonyl (C=O) groups is 2. The summed E-state index contributed by atoms with van der Waals surface area (Å²) in [7, 11) is 0. The van der Waals surface area contributed by atoms with Gasteiger partial charge in [0, 0.05) is 0 Å². The Morgan fingerprint density at radius 1 is 0.906 bits per heavy atom. The maximum absolute atomic E-state index is 12.2. The van der Waals surface area contributed by atoms with E-state index in [1.165, 1.54) is 11.8 Å². The number of esters is 1. The predicted molar refractivity (Wildman–Crippen MR) is 124 cm³/mol. The summed E-state index contributed by atoms with van der Waals surface area (Å²) in [6, 6.07) is 21.7. The lowest BCUT2D eigenvalue weighted by molar-refractivity contribution is -0.123. The van der Waals surface area contributed by atoms with E-state index in [9.17, 15) is 9.59 Å². The molecule has 0 aromatic heterocycles. The van der Waals surface area contributed by atoms with E-state index in [0.717, 1.165) is 24.0 Å². The number of aryl methyl sites for hydroxylation is 2. The second-order valence-electron chi connectivity index (χ2n) is 7.30. The highest BCUT2D eigenvalue weighted by molar-refractivity contribution is 5.91. The number of rotatable bonds is 9. The average Bonchev–Trinajstić information content (AvgIpc) is 2.80. The Labute approximate surface area is 187 Å². The molecule has 0 aliphatic heterocycles. The molecule has 0 saturated heterocycles. The zero-order chi connectivity index (χ0) is 22.8. The molecule has 6 heteroatoms. The SMILES string of the molecule is CCCc1ccc(OCC(=O)N/N=C\c2ccc(OC(=O)c3ccc(C)cc3)cc2)cc1. The number of carbonyl (C=O) groups excluding carboxylic acids is 2. The number of amides is 1. The lowest BCUT2D eigenvalue weighted by atomic mass is 10.1. The van der Waals surface area contributed by atoms with Gasteiger partial charge in [-0.25, -0.2) is 10.2 Å². The average molecular weight is 431 g/mol. The lowest BCUT2D eigenvalue weighted by Crippen LogP contribution is -2.24. The Hall–Kier alpha value is -3.93. The van der Waals surface area contributed by atoms with Crippen molar-refractivity contribution in [1.82, 2.24) is 5.43 Å². The van der Waals surface area contributed by atoms with Crippen LogP contribution in [0.25, 0.3) is 0 Å². The summed E-state index contributed by atoms with van der Waals surface area (Å²) >= 11 is 0. The van der Waals surface area contributed by atoms with Crippen molar-refractivity contribution in [3.63, 3.8) is 0 Å². The van der Waals surface area contributed by atoms with Crippen LogP contribution in [0.15, 0.2) is 77.9 Å². The van der Waals surface area contributed by atoms with Gasteiger partial charge in [-0.3, -0.25) is 4.79 Å². The summed E-state index contributed by atoms with van der Waals surface area (Å²) in [5, 5.41) is 3.93. The van der Waals surface area contributed by atoms with Gasteiger partial charge in [0.1, 0.15) is 11.5 Å². The van der Waals surface area contributed by atoms with Crippen LogP contribution in [0.4, 0.5) is 0 Å². The Morgan fingerprint density at radius 2 is 1.56 bits per heavy atom. The van der Waals surface area contributed by atoms with E-state index in [0.29, 0.717) is 17.1 Å². The molecular weight excluding hydrogens is 404 g/mol. The van der Waals surface area contributed by atoms with E-state index in [4.69, 9.17) is 9.47 Å². The number of nitrogens with one attached hydrogen (secondary N) is 1. The standard InChI is InChI=1S/C26H26N2O4/c1-3-4-20-7-13-23(14-8-20)31-18-25(29)28-27-17-21-9-15-24(16-10-21)32-26(30)22-11-5-19(2)6-12-22/h5-17H,3-4,18H2,1-2H3,(H,28,29)/b27-17-. The minimum Gasteiger partial charge on any atom is -0.484 e. The lowest BCUT2D eigenvalue weighted by Gasteiger charge is -2.06. The summed E-state index contributed by atoms with van der Waals surface area (Å²) in [6.45, 7) is 3.96. The second kappa shape index (κ2) is 11.5. The highest BCUT2D eigenvalue weighted by atomic mass is 16.5. The second-order valence-corrected chi connectivity index (χ2v) is 7.30. The third kappa shape index (κ3) is 7.09. The molecule has 1 amide bonds. The molecule has 0 bridgehead atoms.